The van der Waals surface area contributed by atoms with Crippen LogP contribution in [-0.4, -0.2) is 34.4 Å². The maximum Gasteiger partial charge on any atom is 0.309 e. The van der Waals surface area contributed by atoms with Crippen molar-refractivity contribution in [3.8, 4) is 11.5 Å². The quantitative estimate of drug-likeness (QED) is 0.647. The van der Waals surface area contributed by atoms with Crippen molar-refractivity contribution in [1.82, 2.24) is 0 Å². The van der Waals surface area contributed by atoms with Crippen molar-refractivity contribution >= 4 is 17.5 Å². The molecule has 2 atom stereocenters. The van der Waals surface area contributed by atoms with Gasteiger partial charge < -0.3 is 14.9 Å². The molecular weight excluding hydrogens is 312 g/mol. The zero-order valence-electron chi connectivity index (χ0n) is 13.2. The van der Waals surface area contributed by atoms with Gasteiger partial charge in [0, 0.05) is 17.9 Å². The molecule has 1 aromatic carbocycles. The van der Waals surface area contributed by atoms with Crippen LogP contribution in [0, 0.1) is 17.8 Å². The molecule has 2 aliphatic carbocycles. The SMILES string of the molecule is O=C(COC(=O)C1CC2CCCC(C1)C2=O)c1ccc(O)cc1O. The van der Waals surface area contributed by atoms with Gasteiger partial charge in [-0.3, -0.25) is 14.4 Å². The number of benzene rings is 1. The van der Waals surface area contributed by atoms with Gasteiger partial charge in [-0.25, -0.2) is 0 Å². The lowest BCUT2D eigenvalue weighted by Gasteiger charge is -2.36. The summed E-state index contributed by atoms with van der Waals surface area (Å²) in [6, 6.07) is 3.62. The monoisotopic (exact) mass is 332 g/mol. The van der Waals surface area contributed by atoms with E-state index < -0.39 is 18.4 Å². The zero-order valence-corrected chi connectivity index (χ0v) is 13.2. The molecule has 24 heavy (non-hydrogen) atoms. The van der Waals surface area contributed by atoms with E-state index in [0.717, 1.165) is 25.3 Å². The normalized spacial score (nSPS) is 26.0. The Balaban J connectivity index is 1.57. The van der Waals surface area contributed by atoms with Crippen molar-refractivity contribution in [3.05, 3.63) is 23.8 Å². The highest BCUT2D eigenvalue weighted by Crippen LogP contribution is 2.40. The molecule has 2 N–H and O–H groups in total. The molecule has 1 aromatic rings. The third-order valence-corrected chi connectivity index (χ3v) is 5.01. The highest BCUT2D eigenvalue weighted by Gasteiger charge is 2.41. The van der Waals surface area contributed by atoms with Crippen molar-refractivity contribution in [3.63, 3.8) is 0 Å². The number of phenolic OH excluding ortho intramolecular Hbond substituents is 2. The van der Waals surface area contributed by atoms with Crippen LogP contribution in [0.25, 0.3) is 0 Å². The highest BCUT2D eigenvalue weighted by molar-refractivity contribution is 6.00. The van der Waals surface area contributed by atoms with Crippen molar-refractivity contribution in [2.24, 2.45) is 17.8 Å². The Morgan fingerprint density at radius 2 is 1.79 bits per heavy atom. The van der Waals surface area contributed by atoms with Crippen LogP contribution in [0.4, 0.5) is 0 Å². The Morgan fingerprint density at radius 3 is 2.42 bits per heavy atom. The van der Waals surface area contributed by atoms with Gasteiger partial charge >= 0.3 is 5.97 Å². The average molecular weight is 332 g/mol. The number of phenols is 2. The minimum absolute atomic E-state index is 0.00343. The lowest BCUT2D eigenvalue weighted by atomic mass is 9.67. The smallest absolute Gasteiger partial charge is 0.309 e. The van der Waals surface area contributed by atoms with Crippen LogP contribution in [-0.2, 0) is 14.3 Å². The molecule has 0 saturated heterocycles. The van der Waals surface area contributed by atoms with E-state index in [4.69, 9.17) is 4.74 Å². The molecule has 0 radical (unpaired) electrons. The van der Waals surface area contributed by atoms with Gasteiger partial charge in [-0.05, 0) is 37.8 Å². The van der Waals surface area contributed by atoms with Crippen LogP contribution in [0.15, 0.2) is 18.2 Å². The molecule has 0 aromatic heterocycles. The molecule has 6 nitrogen and oxygen atoms in total. The number of fused-ring (bicyclic) bond motifs is 2. The van der Waals surface area contributed by atoms with Crippen LogP contribution in [0.1, 0.15) is 42.5 Å². The van der Waals surface area contributed by atoms with Gasteiger partial charge in [-0.15, -0.1) is 0 Å². The maximum absolute atomic E-state index is 12.2. The molecule has 2 unspecified atom stereocenters. The van der Waals surface area contributed by atoms with Crippen molar-refractivity contribution in [2.75, 3.05) is 6.61 Å². The number of rotatable bonds is 4. The molecule has 2 fully saturated rings. The topological polar surface area (TPSA) is 101 Å². The summed E-state index contributed by atoms with van der Waals surface area (Å²) in [5.74, 6) is -1.65. The minimum Gasteiger partial charge on any atom is -0.508 e. The van der Waals surface area contributed by atoms with Gasteiger partial charge in [-0.1, -0.05) is 6.42 Å². The lowest BCUT2D eigenvalue weighted by molar-refractivity contribution is -0.152. The minimum atomic E-state index is -0.534. The molecule has 3 rings (SSSR count). The number of Topliss-reactive ketones (excluding diaryl/α,β-unsaturated/α-hetero) is 2. The fraction of sp³-hybridized carbons (Fsp3) is 0.500. The number of hydrogen-bond acceptors (Lipinski definition) is 6. The number of esters is 1. The van der Waals surface area contributed by atoms with E-state index >= 15 is 0 Å². The lowest BCUT2D eigenvalue weighted by Crippen LogP contribution is -2.39. The first-order valence-electron chi connectivity index (χ1n) is 8.21. The molecule has 6 heteroatoms. The number of aromatic hydroxyl groups is 2. The molecular formula is C18H20O6. The highest BCUT2D eigenvalue weighted by atomic mass is 16.5. The third-order valence-electron chi connectivity index (χ3n) is 5.01. The van der Waals surface area contributed by atoms with Crippen molar-refractivity contribution in [2.45, 2.75) is 32.1 Å². The Labute approximate surface area is 139 Å². The first kappa shape index (κ1) is 16.5. The summed E-state index contributed by atoms with van der Waals surface area (Å²) >= 11 is 0. The first-order valence-corrected chi connectivity index (χ1v) is 8.21. The second-order valence-corrected chi connectivity index (χ2v) is 6.63. The Hall–Kier alpha value is -2.37. The molecule has 2 bridgehead atoms. The average Bonchev–Trinajstić information content (AvgIpc) is 2.52. The fourth-order valence-electron chi connectivity index (χ4n) is 3.76. The predicted molar refractivity (Wildman–Crippen MR) is 83.6 cm³/mol. The molecule has 2 saturated carbocycles. The van der Waals surface area contributed by atoms with E-state index in [1.165, 1.54) is 12.1 Å². The van der Waals surface area contributed by atoms with Crippen molar-refractivity contribution in [1.29, 1.82) is 0 Å². The summed E-state index contributed by atoms with van der Waals surface area (Å²) < 4.78 is 5.11. The Bertz CT molecular complexity index is 664. The predicted octanol–water partition coefficient (Wildman–Crippen LogP) is 2.22. The number of carbonyl (C=O) groups is 3. The summed E-state index contributed by atoms with van der Waals surface area (Å²) in [5.41, 5.74) is -0.00343. The largest absolute Gasteiger partial charge is 0.508 e. The van der Waals surface area contributed by atoms with E-state index in [1.807, 2.05) is 0 Å². The van der Waals surface area contributed by atoms with Gasteiger partial charge in [0.25, 0.3) is 0 Å². The number of hydrogen-bond donors (Lipinski definition) is 2. The summed E-state index contributed by atoms with van der Waals surface area (Å²) in [7, 11) is 0. The zero-order chi connectivity index (χ0) is 17.3. The molecule has 2 aliphatic rings. The fourth-order valence-corrected chi connectivity index (χ4v) is 3.76. The number of ketones is 2. The standard InChI is InChI=1S/C18H20O6/c19-13-4-5-14(15(20)8-13)16(21)9-24-18(23)12-6-10-2-1-3-11(7-12)17(10)22/h4-5,8,10-12,19-20H,1-3,6-7,9H2. The van der Waals surface area contributed by atoms with Crippen LogP contribution in [0.2, 0.25) is 0 Å². The first-order chi connectivity index (χ1) is 11.5. The second kappa shape index (κ2) is 6.63. The van der Waals surface area contributed by atoms with Crippen LogP contribution in [0.5, 0.6) is 11.5 Å². The summed E-state index contributed by atoms with van der Waals surface area (Å²) in [4.78, 5) is 36.3. The third kappa shape index (κ3) is 3.27. The second-order valence-electron chi connectivity index (χ2n) is 6.63. The number of carbonyl (C=O) groups excluding carboxylic acids is 3. The summed E-state index contributed by atoms with van der Waals surface area (Å²) in [5, 5.41) is 18.9. The van der Waals surface area contributed by atoms with E-state index in [2.05, 4.69) is 0 Å². The number of ether oxygens (including phenoxy) is 1. The Morgan fingerprint density at radius 1 is 1.12 bits per heavy atom. The summed E-state index contributed by atoms with van der Waals surface area (Å²) in [6.45, 7) is -0.461. The van der Waals surface area contributed by atoms with E-state index in [9.17, 15) is 24.6 Å². The molecule has 0 aliphatic heterocycles. The van der Waals surface area contributed by atoms with Gasteiger partial charge in [0.15, 0.2) is 6.61 Å². The maximum atomic E-state index is 12.2. The van der Waals surface area contributed by atoms with Crippen LogP contribution >= 0.6 is 0 Å². The van der Waals surface area contributed by atoms with Gasteiger partial charge in [-0.2, -0.15) is 0 Å². The van der Waals surface area contributed by atoms with Gasteiger partial charge in [0.05, 0.1) is 11.5 Å². The Kier molecular flexibility index (Phi) is 4.55. The molecule has 128 valence electrons. The van der Waals surface area contributed by atoms with Crippen LogP contribution in [0.3, 0.4) is 0 Å². The molecule has 0 amide bonds. The molecule has 0 spiro atoms. The van der Waals surface area contributed by atoms with E-state index in [1.54, 1.807) is 0 Å². The van der Waals surface area contributed by atoms with E-state index in [0.29, 0.717) is 12.8 Å². The van der Waals surface area contributed by atoms with Gasteiger partial charge in [0.2, 0.25) is 5.78 Å². The summed E-state index contributed by atoms with van der Waals surface area (Å²) in [6.07, 6.45) is 3.71. The van der Waals surface area contributed by atoms with E-state index in [-0.39, 0.29) is 40.6 Å². The van der Waals surface area contributed by atoms with Crippen LogP contribution < -0.4 is 0 Å². The molecule has 0 heterocycles. The van der Waals surface area contributed by atoms with Gasteiger partial charge in [0.1, 0.15) is 17.3 Å². The van der Waals surface area contributed by atoms with Crippen molar-refractivity contribution < 1.29 is 29.3 Å².